The average molecular weight is 174 g/mol. The maximum atomic E-state index is 5.81. The van der Waals surface area contributed by atoms with Gasteiger partial charge in [0.25, 0.3) is 0 Å². The topological polar surface area (TPSA) is 43.8 Å². The third-order valence-corrected chi connectivity index (χ3v) is 2.11. The van der Waals surface area contributed by atoms with E-state index in [0.717, 1.165) is 5.69 Å². The van der Waals surface area contributed by atoms with Gasteiger partial charge in [0.15, 0.2) is 0 Å². The normalized spacial score (nSPS) is 13.5. The third kappa shape index (κ3) is 1.54. The number of rotatable bonds is 2. The summed E-state index contributed by atoms with van der Waals surface area (Å²) in [7, 11) is 0. The number of halogens is 1. The first-order chi connectivity index (χ1) is 5.16. The molecule has 1 atom stereocenters. The molecule has 62 valence electrons. The fraction of sp³-hybridized carbons (Fsp3) is 0.571. The summed E-state index contributed by atoms with van der Waals surface area (Å²) in [6, 6.07) is 0.225. The standard InChI is InChI=1S/C7H12ClN3/c1-5(3-9)11-6(2)7(8)4-10-11/h4-5H,3,9H2,1-2H3/t5-/m1/s1. The van der Waals surface area contributed by atoms with Crippen LogP contribution in [0.1, 0.15) is 18.7 Å². The van der Waals surface area contributed by atoms with Gasteiger partial charge in [0.2, 0.25) is 0 Å². The molecule has 0 aliphatic heterocycles. The molecule has 1 aromatic heterocycles. The van der Waals surface area contributed by atoms with Crippen LogP contribution in [0.5, 0.6) is 0 Å². The molecule has 0 aromatic carbocycles. The van der Waals surface area contributed by atoms with Crippen LogP contribution in [0, 0.1) is 6.92 Å². The van der Waals surface area contributed by atoms with Gasteiger partial charge in [-0.05, 0) is 13.8 Å². The average Bonchev–Trinajstić information content (AvgIpc) is 2.32. The fourth-order valence-corrected chi connectivity index (χ4v) is 1.08. The second kappa shape index (κ2) is 3.24. The molecule has 4 heteroatoms. The second-order valence-electron chi connectivity index (χ2n) is 2.61. The molecule has 3 nitrogen and oxygen atoms in total. The first-order valence-electron chi connectivity index (χ1n) is 3.56. The molecular weight excluding hydrogens is 162 g/mol. The van der Waals surface area contributed by atoms with E-state index in [1.807, 2.05) is 18.5 Å². The molecule has 0 unspecified atom stereocenters. The minimum Gasteiger partial charge on any atom is -0.328 e. The molecule has 11 heavy (non-hydrogen) atoms. The van der Waals surface area contributed by atoms with Crippen LogP contribution < -0.4 is 5.73 Å². The first kappa shape index (κ1) is 8.56. The van der Waals surface area contributed by atoms with Crippen molar-refractivity contribution in [3.8, 4) is 0 Å². The van der Waals surface area contributed by atoms with E-state index in [9.17, 15) is 0 Å². The van der Waals surface area contributed by atoms with E-state index in [1.54, 1.807) is 6.20 Å². The van der Waals surface area contributed by atoms with Gasteiger partial charge in [0.1, 0.15) is 0 Å². The van der Waals surface area contributed by atoms with Gasteiger partial charge in [-0.25, -0.2) is 0 Å². The van der Waals surface area contributed by atoms with Crippen molar-refractivity contribution in [2.75, 3.05) is 6.54 Å². The monoisotopic (exact) mass is 173 g/mol. The Morgan fingerprint density at radius 2 is 2.45 bits per heavy atom. The van der Waals surface area contributed by atoms with Gasteiger partial charge < -0.3 is 5.73 Å². The van der Waals surface area contributed by atoms with Crippen molar-refractivity contribution < 1.29 is 0 Å². The Labute approximate surface area is 71.1 Å². The van der Waals surface area contributed by atoms with Crippen molar-refractivity contribution >= 4 is 11.6 Å². The van der Waals surface area contributed by atoms with Gasteiger partial charge in [0, 0.05) is 6.54 Å². The van der Waals surface area contributed by atoms with Crippen LogP contribution >= 0.6 is 11.6 Å². The maximum Gasteiger partial charge on any atom is 0.0815 e. The smallest absolute Gasteiger partial charge is 0.0815 e. The van der Waals surface area contributed by atoms with Gasteiger partial charge in [-0.2, -0.15) is 5.10 Å². The molecule has 2 N–H and O–H groups in total. The Morgan fingerprint density at radius 3 is 2.82 bits per heavy atom. The van der Waals surface area contributed by atoms with Gasteiger partial charge in [-0.3, -0.25) is 4.68 Å². The van der Waals surface area contributed by atoms with Crippen molar-refractivity contribution in [1.82, 2.24) is 9.78 Å². The quantitative estimate of drug-likeness (QED) is 0.734. The summed E-state index contributed by atoms with van der Waals surface area (Å²) in [5, 5.41) is 4.79. The lowest BCUT2D eigenvalue weighted by molar-refractivity contribution is 0.489. The molecule has 0 bridgehead atoms. The molecule has 0 aliphatic carbocycles. The number of nitrogens with zero attached hydrogens (tertiary/aromatic N) is 2. The lowest BCUT2D eigenvalue weighted by atomic mass is 10.3. The Kier molecular flexibility index (Phi) is 2.52. The molecule has 0 saturated carbocycles. The van der Waals surface area contributed by atoms with Crippen LogP contribution in [0.15, 0.2) is 6.20 Å². The zero-order chi connectivity index (χ0) is 8.43. The number of hydrogen-bond donors (Lipinski definition) is 1. The molecule has 0 aliphatic rings. The van der Waals surface area contributed by atoms with Gasteiger partial charge >= 0.3 is 0 Å². The zero-order valence-electron chi connectivity index (χ0n) is 6.71. The van der Waals surface area contributed by atoms with Crippen LogP contribution in [0.2, 0.25) is 5.02 Å². The largest absolute Gasteiger partial charge is 0.328 e. The summed E-state index contributed by atoms with van der Waals surface area (Å²) in [5.41, 5.74) is 6.45. The molecule has 0 saturated heterocycles. The molecule has 1 aromatic rings. The van der Waals surface area contributed by atoms with E-state index in [-0.39, 0.29) is 6.04 Å². The minimum absolute atomic E-state index is 0.225. The highest BCUT2D eigenvalue weighted by molar-refractivity contribution is 6.31. The van der Waals surface area contributed by atoms with Crippen LogP contribution in [0.4, 0.5) is 0 Å². The molecule has 1 heterocycles. The summed E-state index contributed by atoms with van der Waals surface area (Å²) in [6.07, 6.45) is 1.64. The highest BCUT2D eigenvalue weighted by Crippen LogP contribution is 2.16. The lowest BCUT2D eigenvalue weighted by Gasteiger charge is -2.10. The highest BCUT2D eigenvalue weighted by Gasteiger charge is 2.08. The maximum absolute atomic E-state index is 5.81. The van der Waals surface area contributed by atoms with E-state index < -0.39 is 0 Å². The van der Waals surface area contributed by atoms with Gasteiger partial charge in [0.05, 0.1) is 23.0 Å². The molecule has 0 fully saturated rings. The van der Waals surface area contributed by atoms with Crippen molar-refractivity contribution in [2.24, 2.45) is 5.73 Å². The number of aromatic nitrogens is 2. The summed E-state index contributed by atoms with van der Waals surface area (Å²) in [5.74, 6) is 0. The summed E-state index contributed by atoms with van der Waals surface area (Å²) in [6.45, 7) is 4.52. The molecule has 0 amide bonds. The van der Waals surface area contributed by atoms with E-state index in [1.165, 1.54) is 0 Å². The summed E-state index contributed by atoms with van der Waals surface area (Å²) < 4.78 is 1.84. The molecule has 1 rings (SSSR count). The predicted molar refractivity (Wildman–Crippen MR) is 45.7 cm³/mol. The van der Waals surface area contributed by atoms with Crippen molar-refractivity contribution in [1.29, 1.82) is 0 Å². The van der Waals surface area contributed by atoms with E-state index in [2.05, 4.69) is 5.10 Å². The zero-order valence-corrected chi connectivity index (χ0v) is 7.47. The Bertz CT molecular complexity index is 244. The van der Waals surface area contributed by atoms with E-state index in [4.69, 9.17) is 17.3 Å². The van der Waals surface area contributed by atoms with E-state index in [0.29, 0.717) is 11.6 Å². The van der Waals surface area contributed by atoms with Gasteiger partial charge in [-0.15, -0.1) is 0 Å². The summed E-state index contributed by atoms with van der Waals surface area (Å²) in [4.78, 5) is 0. The number of nitrogens with two attached hydrogens (primary N) is 1. The van der Waals surface area contributed by atoms with E-state index >= 15 is 0 Å². The summed E-state index contributed by atoms with van der Waals surface area (Å²) >= 11 is 5.81. The van der Waals surface area contributed by atoms with Crippen LogP contribution in [0.25, 0.3) is 0 Å². The Morgan fingerprint density at radius 1 is 1.82 bits per heavy atom. The van der Waals surface area contributed by atoms with Crippen molar-refractivity contribution in [2.45, 2.75) is 19.9 Å². The minimum atomic E-state index is 0.225. The fourth-order valence-electron chi connectivity index (χ4n) is 0.947. The van der Waals surface area contributed by atoms with Crippen molar-refractivity contribution in [3.63, 3.8) is 0 Å². The Balaban J connectivity index is 2.94. The van der Waals surface area contributed by atoms with Crippen LogP contribution in [-0.2, 0) is 0 Å². The SMILES string of the molecule is Cc1c(Cl)cnn1[C@H](C)CN. The molecule has 0 spiro atoms. The third-order valence-electron chi connectivity index (χ3n) is 1.74. The molecule has 0 radical (unpaired) electrons. The molecular formula is C7H12ClN3. The predicted octanol–water partition coefficient (Wildman–Crippen LogP) is 1.36. The lowest BCUT2D eigenvalue weighted by Crippen LogP contribution is -2.18. The highest BCUT2D eigenvalue weighted by atomic mass is 35.5. The van der Waals surface area contributed by atoms with Crippen LogP contribution in [-0.4, -0.2) is 16.3 Å². The van der Waals surface area contributed by atoms with Crippen molar-refractivity contribution in [3.05, 3.63) is 16.9 Å². The van der Waals surface area contributed by atoms with Crippen LogP contribution in [0.3, 0.4) is 0 Å². The second-order valence-corrected chi connectivity index (χ2v) is 3.01. The first-order valence-corrected chi connectivity index (χ1v) is 3.94. The van der Waals surface area contributed by atoms with Gasteiger partial charge in [-0.1, -0.05) is 11.6 Å². The number of hydrogen-bond acceptors (Lipinski definition) is 2. The Hall–Kier alpha value is -0.540.